The van der Waals surface area contributed by atoms with Gasteiger partial charge in [-0.25, -0.2) is 0 Å². The van der Waals surface area contributed by atoms with Crippen LogP contribution in [0, 0.1) is 0 Å². The van der Waals surface area contributed by atoms with Crippen molar-refractivity contribution in [1.82, 2.24) is 0 Å². The number of benzene rings is 10. The fraction of sp³-hybridized carbons (Fsp3) is 0.0189. The minimum atomic E-state index is -0.355. The summed E-state index contributed by atoms with van der Waals surface area (Å²) in [5.41, 5.74) is 15.7. The van der Waals surface area contributed by atoms with Crippen LogP contribution in [0.1, 0.15) is 22.3 Å². The first-order valence-electron chi connectivity index (χ1n) is 18.8. The SMILES string of the molecule is c1ccc2c(c1)-c1ccccc1C21c2ccccc2-c2ccc(-c3ccc4ccc5c(-c6ccc7c(c6)[se]c6ccccc67)ccc6ccc3c4c65)cc21. The fourth-order valence-corrected chi connectivity index (χ4v) is 12.9. The Hall–Kier alpha value is -6.24. The standard InChI is InChI=1S/C53H30Se/c1-5-13-45-37(9-1)38-10-2-6-14-46(38)53(45)47-15-7-3-11-39(47)40-25-21-33(29-48(40)53)35-23-17-31-20-28-44-36(24-18-32-19-27-43(35)51(31)52(32)44)34-22-26-42-41-12-4-8-16-49(41)54-50(42)30-34/h1-30H. The third-order valence-corrected chi connectivity index (χ3v) is 15.0. The van der Waals surface area contributed by atoms with E-state index in [2.05, 4.69) is 182 Å². The fourth-order valence-electron chi connectivity index (χ4n) is 10.5. The number of hydrogen-bond acceptors (Lipinski definition) is 0. The zero-order valence-electron chi connectivity index (χ0n) is 29.2. The van der Waals surface area contributed by atoms with Crippen LogP contribution in [-0.4, -0.2) is 14.5 Å². The van der Waals surface area contributed by atoms with Gasteiger partial charge < -0.3 is 0 Å². The van der Waals surface area contributed by atoms with Gasteiger partial charge in [0.25, 0.3) is 0 Å². The normalized spacial score (nSPS) is 13.7. The van der Waals surface area contributed by atoms with Crippen LogP contribution >= 0.6 is 0 Å². The van der Waals surface area contributed by atoms with Gasteiger partial charge in [-0.05, 0) is 38.9 Å². The van der Waals surface area contributed by atoms with Crippen molar-refractivity contribution in [1.29, 1.82) is 0 Å². The van der Waals surface area contributed by atoms with E-state index in [1.165, 1.54) is 118 Å². The summed E-state index contributed by atoms with van der Waals surface area (Å²) < 4.78 is 2.97. The Labute approximate surface area is 318 Å². The molecule has 2 aliphatic carbocycles. The molecule has 1 heterocycles. The van der Waals surface area contributed by atoms with E-state index in [0.29, 0.717) is 14.5 Å². The van der Waals surface area contributed by atoms with Crippen LogP contribution in [0.3, 0.4) is 0 Å². The quantitative estimate of drug-likeness (QED) is 0.122. The van der Waals surface area contributed by atoms with Gasteiger partial charge in [-0.3, -0.25) is 0 Å². The van der Waals surface area contributed by atoms with Crippen molar-refractivity contribution < 1.29 is 0 Å². The summed E-state index contributed by atoms with van der Waals surface area (Å²) >= 11 is 0.332. The second-order valence-corrected chi connectivity index (χ2v) is 17.4. The molecule has 0 N–H and O–H groups in total. The van der Waals surface area contributed by atoms with Gasteiger partial charge in [0.2, 0.25) is 0 Å². The Morgan fingerprint density at radius 3 is 1.37 bits per heavy atom. The zero-order chi connectivity index (χ0) is 35.1. The van der Waals surface area contributed by atoms with E-state index in [4.69, 9.17) is 0 Å². The molecule has 0 saturated heterocycles. The van der Waals surface area contributed by atoms with Gasteiger partial charge in [0.05, 0.1) is 5.41 Å². The predicted octanol–water partition coefficient (Wildman–Crippen LogP) is 13.6. The first-order valence-corrected chi connectivity index (χ1v) is 20.5. The van der Waals surface area contributed by atoms with E-state index in [9.17, 15) is 0 Å². The van der Waals surface area contributed by atoms with E-state index in [0.717, 1.165) is 0 Å². The molecule has 0 unspecified atom stereocenters. The zero-order valence-corrected chi connectivity index (χ0v) is 30.9. The Bertz CT molecular complexity index is 3330. The summed E-state index contributed by atoms with van der Waals surface area (Å²) in [4.78, 5) is 0. The third-order valence-electron chi connectivity index (χ3n) is 12.7. The van der Waals surface area contributed by atoms with E-state index >= 15 is 0 Å². The first-order chi connectivity index (χ1) is 26.8. The summed E-state index contributed by atoms with van der Waals surface area (Å²) in [5, 5.41) is 10.8. The molecule has 1 spiro atoms. The van der Waals surface area contributed by atoms with Crippen molar-refractivity contribution in [2.24, 2.45) is 0 Å². The maximum absolute atomic E-state index is 2.52. The van der Waals surface area contributed by atoms with Crippen molar-refractivity contribution in [3.8, 4) is 44.5 Å². The van der Waals surface area contributed by atoms with Gasteiger partial charge in [0.1, 0.15) is 0 Å². The van der Waals surface area contributed by atoms with Gasteiger partial charge in [-0.1, -0.05) is 72.8 Å². The molecule has 1 aromatic heterocycles. The summed E-state index contributed by atoms with van der Waals surface area (Å²) in [6, 6.07) is 69.4. The summed E-state index contributed by atoms with van der Waals surface area (Å²) in [7, 11) is 0. The van der Waals surface area contributed by atoms with Gasteiger partial charge in [0.15, 0.2) is 0 Å². The molecule has 2 aliphatic rings. The number of fused-ring (bicyclic) bond motifs is 13. The van der Waals surface area contributed by atoms with E-state index in [1.54, 1.807) is 0 Å². The van der Waals surface area contributed by atoms with Crippen molar-refractivity contribution >= 4 is 66.1 Å². The molecular weight excluding hydrogens is 716 g/mol. The molecule has 0 radical (unpaired) electrons. The molecule has 0 atom stereocenters. The van der Waals surface area contributed by atoms with E-state index < -0.39 is 0 Å². The molecule has 1 heteroatoms. The first kappa shape index (κ1) is 29.2. The summed E-state index contributed by atoms with van der Waals surface area (Å²) in [5.74, 6) is 0. The second-order valence-electron chi connectivity index (χ2n) is 15.1. The number of hydrogen-bond donors (Lipinski definition) is 0. The average molecular weight is 746 g/mol. The molecule has 0 bridgehead atoms. The third kappa shape index (κ3) is 3.59. The summed E-state index contributed by atoms with van der Waals surface area (Å²) in [6.45, 7) is 0. The topological polar surface area (TPSA) is 0 Å². The molecule has 11 aromatic rings. The van der Waals surface area contributed by atoms with Crippen molar-refractivity contribution in [2.45, 2.75) is 5.41 Å². The van der Waals surface area contributed by atoms with Crippen LogP contribution in [0.2, 0.25) is 0 Å². The van der Waals surface area contributed by atoms with Gasteiger partial charge >= 0.3 is 203 Å². The van der Waals surface area contributed by atoms with Gasteiger partial charge in [-0.15, -0.1) is 0 Å². The molecule has 13 rings (SSSR count). The summed E-state index contributed by atoms with van der Waals surface area (Å²) in [6.07, 6.45) is 0. The van der Waals surface area contributed by atoms with Crippen molar-refractivity contribution in [2.75, 3.05) is 0 Å². The van der Waals surface area contributed by atoms with Crippen LogP contribution in [0.25, 0.3) is 96.1 Å². The molecule has 248 valence electrons. The monoisotopic (exact) mass is 746 g/mol. The van der Waals surface area contributed by atoms with Crippen LogP contribution in [0.4, 0.5) is 0 Å². The minimum absolute atomic E-state index is 0.332. The molecule has 0 fully saturated rings. The Kier molecular flexibility index (Phi) is 5.66. The molecule has 0 aliphatic heterocycles. The van der Waals surface area contributed by atoms with Crippen LogP contribution in [0.5, 0.6) is 0 Å². The Morgan fingerprint density at radius 1 is 0.296 bits per heavy atom. The van der Waals surface area contributed by atoms with E-state index in [-0.39, 0.29) is 5.41 Å². The van der Waals surface area contributed by atoms with Crippen LogP contribution in [0.15, 0.2) is 182 Å². The molecule has 54 heavy (non-hydrogen) atoms. The Balaban J connectivity index is 1.04. The molecule has 10 aromatic carbocycles. The maximum atomic E-state index is 2.52. The predicted molar refractivity (Wildman–Crippen MR) is 229 cm³/mol. The van der Waals surface area contributed by atoms with Gasteiger partial charge in [0, 0.05) is 0 Å². The van der Waals surface area contributed by atoms with Crippen molar-refractivity contribution in [3.05, 3.63) is 204 Å². The molecule has 0 amide bonds. The molecule has 0 nitrogen and oxygen atoms in total. The van der Waals surface area contributed by atoms with E-state index in [1.807, 2.05) is 0 Å². The average Bonchev–Trinajstić information content (AvgIpc) is 3.86. The second kappa shape index (κ2) is 10.5. The van der Waals surface area contributed by atoms with Crippen LogP contribution in [-0.2, 0) is 5.41 Å². The molecular formula is C53H30Se. The van der Waals surface area contributed by atoms with Gasteiger partial charge in [-0.2, -0.15) is 0 Å². The van der Waals surface area contributed by atoms with Crippen LogP contribution < -0.4 is 0 Å². The molecule has 0 saturated carbocycles. The number of rotatable bonds is 2. The van der Waals surface area contributed by atoms with Crippen molar-refractivity contribution in [3.63, 3.8) is 0 Å². The Morgan fingerprint density at radius 2 is 0.741 bits per heavy atom.